The number of benzene rings is 1. The van der Waals surface area contributed by atoms with Crippen LogP contribution in [0.2, 0.25) is 5.02 Å². The molecule has 1 aromatic carbocycles. The average molecular weight is 209 g/mol. The predicted molar refractivity (Wildman–Crippen MR) is 45.7 cm³/mol. The normalized spacial score (nSPS) is 11.8. The number of hydrogen-bond donors (Lipinski definition) is 0. The molecule has 0 heterocycles. The first-order valence-corrected chi connectivity index (χ1v) is 4.04. The van der Waals surface area contributed by atoms with Crippen molar-refractivity contribution in [3.05, 3.63) is 34.1 Å². The van der Waals surface area contributed by atoms with E-state index in [1.54, 1.807) is 0 Å². The Kier molecular flexibility index (Phi) is 2.57. The molecule has 0 amide bonds. The Morgan fingerprint density at radius 2 is 1.85 bits per heavy atom. The van der Waals surface area contributed by atoms with Crippen LogP contribution in [-0.2, 0) is 5.92 Å². The summed E-state index contributed by atoms with van der Waals surface area (Å²) in [6.07, 6.45) is 0. The van der Waals surface area contributed by atoms with Gasteiger partial charge in [-0.05, 0) is 18.6 Å². The number of halogens is 4. The minimum Gasteiger partial charge on any atom is -0.206 e. The fourth-order valence-electron chi connectivity index (χ4n) is 1.06. The maximum Gasteiger partial charge on any atom is 0.274 e. The van der Waals surface area contributed by atoms with Crippen LogP contribution in [0.15, 0.2) is 12.1 Å². The van der Waals surface area contributed by atoms with E-state index in [9.17, 15) is 13.2 Å². The molecule has 0 aliphatic rings. The monoisotopic (exact) mass is 208 g/mol. The molecule has 4 heteroatoms. The smallest absolute Gasteiger partial charge is 0.206 e. The first kappa shape index (κ1) is 10.4. The van der Waals surface area contributed by atoms with Gasteiger partial charge in [-0.1, -0.05) is 17.7 Å². The lowest BCUT2D eigenvalue weighted by atomic mass is 10.1. The maximum absolute atomic E-state index is 13.2. The van der Waals surface area contributed by atoms with E-state index in [2.05, 4.69) is 0 Å². The molecule has 1 aromatic rings. The third-order valence-electron chi connectivity index (χ3n) is 1.72. The number of alkyl halides is 2. The largest absolute Gasteiger partial charge is 0.274 e. The van der Waals surface area contributed by atoms with E-state index in [0.717, 1.165) is 0 Å². The van der Waals surface area contributed by atoms with Gasteiger partial charge in [0.15, 0.2) is 0 Å². The van der Waals surface area contributed by atoms with E-state index in [4.69, 9.17) is 11.6 Å². The minimum absolute atomic E-state index is 0.168. The fourth-order valence-corrected chi connectivity index (χ4v) is 1.37. The molecular formula is C9H8ClF3. The third kappa shape index (κ3) is 1.97. The summed E-state index contributed by atoms with van der Waals surface area (Å²) < 4.78 is 38.9. The number of aryl methyl sites for hydroxylation is 1. The summed E-state index contributed by atoms with van der Waals surface area (Å²) in [7, 11) is 0. The van der Waals surface area contributed by atoms with Crippen molar-refractivity contribution in [3.63, 3.8) is 0 Å². The summed E-state index contributed by atoms with van der Waals surface area (Å²) in [5.41, 5.74) is -0.560. The Balaban J connectivity index is 3.43. The van der Waals surface area contributed by atoms with Gasteiger partial charge in [0.1, 0.15) is 5.82 Å². The van der Waals surface area contributed by atoms with Gasteiger partial charge in [-0.3, -0.25) is 0 Å². The lowest BCUT2D eigenvalue weighted by molar-refractivity contribution is 0.0138. The Morgan fingerprint density at radius 3 is 2.23 bits per heavy atom. The van der Waals surface area contributed by atoms with Crippen molar-refractivity contribution in [3.8, 4) is 0 Å². The topological polar surface area (TPSA) is 0 Å². The molecule has 0 aliphatic heterocycles. The lowest BCUT2D eigenvalue weighted by Crippen LogP contribution is -2.11. The molecule has 72 valence electrons. The van der Waals surface area contributed by atoms with Crippen LogP contribution < -0.4 is 0 Å². The van der Waals surface area contributed by atoms with Crippen molar-refractivity contribution < 1.29 is 13.2 Å². The van der Waals surface area contributed by atoms with Gasteiger partial charge in [-0.2, -0.15) is 0 Å². The van der Waals surface area contributed by atoms with Crippen LogP contribution >= 0.6 is 11.6 Å². The highest BCUT2D eigenvalue weighted by atomic mass is 35.5. The second-order valence-electron chi connectivity index (χ2n) is 2.94. The van der Waals surface area contributed by atoms with Gasteiger partial charge in [-0.15, -0.1) is 0 Å². The Bertz CT molecular complexity index is 328. The molecular weight excluding hydrogens is 201 g/mol. The summed E-state index contributed by atoms with van der Waals surface area (Å²) in [5.74, 6) is -4.17. The van der Waals surface area contributed by atoms with Crippen LogP contribution in [0.1, 0.15) is 18.1 Å². The van der Waals surface area contributed by atoms with Gasteiger partial charge in [0.25, 0.3) is 5.92 Å². The van der Waals surface area contributed by atoms with E-state index < -0.39 is 17.3 Å². The molecule has 0 aliphatic carbocycles. The molecule has 0 atom stereocenters. The fraction of sp³-hybridized carbons (Fsp3) is 0.333. The molecule has 0 aromatic heterocycles. The summed E-state index contributed by atoms with van der Waals surface area (Å²) in [5, 5.41) is -0.240. The van der Waals surface area contributed by atoms with Crippen molar-refractivity contribution in [2.45, 2.75) is 19.8 Å². The molecule has 1 rings (SSSR count). The third-order valence-corrected chi connectivity index (χ3v) is 2.04. The highest BCUT2D eigenvalue weighted by Gasteiger charge is 2.31. The van der Waals surface area contributed by atoms with E-state index in [-0.39, 0.29) is 10.6 Å². The molecule has 13 heavy (non-hydrogen) atoms. The summed E-state index contributed by atoms with van der Waals surface area (Å²) >= 11 is 5.47. The first-order valence-electron chi connectivity index (χ1n) is 3.67. The van der Waals surface area contributed by atoms with Crippen molar-refractivity contribution in [1.29, 1.82) is 0 Å². The predicted octanol–water partition coefficient (Wildman–Crippen LogP) is 3.90. The maximum atomic E-state index is 13.2. The molecule has 0 saturated carbocycles. The van der Waals surface area contributed by atoms with Gasteiger partial charge in [-0.25, -0.2) is 13.2 Å². The van der Waals surface area contributed by atoms with Gasteiger partial charge < -0.3 is 0 Å². The molecule has 0 unspecified atom stereocenters. The minimum atomic E-state index is -3.24. The molecule has 0 fully saturated rings. The van der Waals surface area contributed by atoms with Gasteiger partial charge in [0.2, 0.25) is 0 Å². The second kappa shape index (κ2) is 3.22. The second-order valence-corrected chi connectivity index (χ2v) is 3.35. The van der Waals surface area contributed by atoms with Crippen LogP contribution in [0.25, 0.3) is 0 Å². The van der Waals surface area contributed by atoms with Crippen molar-refractivity contribution in [2.24, 2.45) is 0 Å². The summed E-state index contributed by atoms with van der Waals surface area (Å²) in [6.45, 7) is 2.04. The highest BCUT2D eigenvalue weighted by Crippen LogP contribution is 2.35. The van der Waals surface area contributed by atoms with E-state index in [0.29, 0.717) is 6.92 Å². The zero-order chi connectivity index (χ0) is 10.2. The molecule has 0 N–H and O–H groups in total. The van der Waals surface area contributed by atoms with Gasteiger partial charge in [0, 0.05) is 6.92 Å². The molecule has 0 bridgehead atoms. The van der Waals surface area contributed by atoms with E-state index in [1.165, 1.54) is 19.1 Å². The summed E-state index contributed by atoms with van der Waals surface area (Å²) in [6, 6.07) is 2.64. The van der Waals surface area contributed by atoms with E-state index >= 15 is 0 Å². The quantitative estimate of drug-likeness (QED) is 0.657. The molecule has 0 radical (unpaired) electrons. The number of rotatable bonds is 1. The SMILES string of the molecule is Cc1ccc(Cl)c(C(C)(F)F)c1F. The van der Waals surface area contributed by atoms with Crippen molar-refractivity contribution in [1.82, 2.24) is 0 Å². The molecule has 0 spiro atoms. The molecule has 0 nitrogen and oxygen atoms in total. The van der Waals surface area contributed by atoms with Crippen LogP contribution in [-0.4, -0.2) is 0 Å². The lowest BCUT2D eigenvalue weighted by Gasteiger charge is -2.14. The zero-order valence-corrected chi connectivity index (χ0v) is 7.92. The number of hydrogen-bond acceptors (Lipinski definition) is 0. The Labute approximate surface area is 79.3 Å². The van der Waals surface area contributed by atoms with Crippen LogP contribution in [0.3, 0.4) is 0 Å². The zero-order valence-electron chi connectivity index (χ0n) is 7.17. The highest BCUT2D eigenvalue weighted by molar-refractivity contribution is 6.31. The Morgan fingerprint density at radius 1 is 1.31 bits per heavy atom. The molecule has 0 saturated heterocycles. The summed E-state index contributed by atoms with van der Waals surface area (Å²) in [4.78, 5) is 0. The van der Waals surface area contributed by atoms with Crippen LogP contribution in [0.4, 0.5) is 13.2 Å². The van der Waals surface area contributed by atoms with E-state index in [1.807, 2.05) is 0 Å². The Hall–Kier alpha value is -0.700. The first-order chi connectivity index (χ1) is 5.84. The average Bonchev–Trinajstić information content (AvgIpc) is 1.95. The van der Waals surface area contributed by atoms with Crippen LogP contribution in [0.5, 0.6) is 0 Å². The van der Waals surface area contributed by atoms with Crippen LogP contribution in [0, 0.1) is 12.7 Å². The van der Waals surface area contributed by atoms with Gasteiger partial charge in [0.05, 0.1) is 10.6 Å². The van der Waals surface area contributed by atoms with Crippen molar-refractivity contribution >= 4 is 11.6 Å². The van der Waals surface area contributed by atoms with Crippen molar-refractivity contribution in [2.75, 3.05) is 0 Å². The van der Waals surface area contributed by atoms with Gasteiger partial charge >= 0.3 is 0 Å². The standard InChI is InChI=1S/C9H8ClF3/c1-5-3-4-6(10)7(8(5)11)9(2,12)13/h3-4H,1-2H3.